The zero-order valence-electron chi connectivity index (χ0n) is 11.2. The van der Waals surface area contributed by atoms with Gasteiger partial charge < -0.3 is 10.0 Å². The molecule has 1 aromatic rings. The zero-order chi connectivity index (χ0) is 14.8. The minimum Gasteiger partial charge on any atom is -0.478 e. The van der Waals surface area contributed by atoms with Gasteiger partial charge >= 0.3 is 5.97 Å². The molecule has 6 nitrogen and oxygen atoms in total. The van der Waals surface area contributed by atoms with Crippen LogP contribution in [0.3, 0.4) is 0 Å². The maximum absolute atomic E-state index is 11.7. The number of hydrogen-bond acceptors (Lipinski definition) is 4. The summed E-state index contributed by atoms with van der Waals surface area (Å²) in [7, 11) is 0.000691. The molecule has 1 N–H and O–H groups in total. The molecule has 0 aromatic heterocycles. The van der Waals surface area contributed by atoms with Crippen LogP contribution in [0, 0.1) is 6.92 Å². The molecule has 0 amide bonds. The fraction of sp³-hybridized carbons (Fsp3) is 0.333. The van der Waals surface area contributed by atoms with Crippen LogP contribution in [0.5, 0.6) is 0 Å². The van der Waals surface area contributed by atoms with Crippen molar-refractivity contribution in [3.8, 4) is 0 Å². The SMILES string of the molecule is Cc1c(C(=O)O)ccc(S(C)(=O)=O)c1N=CN(C)C. The van der Waals surface area contributed by atoms with Crippen molar-refractivity contribution in [1.82, 2.24) is 4.90 Å². The average molecular weight is 284 g/mol. The summed E-state index contributed by atoms with van der Waals surface area (Å²) in [6.45, 7) is 1.54. The van der Waals surface area contributed by atoms with E-state index < -0.39 is 15.8 Å². The molecule has 7 heteroatoms. The van der Waals surface area contributed by atoms with Gasteiger partial charge in [-0.25, -0.2) is 18.2 Å². The van der Waals surface area contributed by atoms with Crippen molar-refractivity contribution in [2.24, 2.45) is 4.99 Å². The lowest BCUT2D eigenvalue weighted by Gasteiger charge is -2.11. The fourth-order valence-corrected chi connectivity index (χ4v) is 2.41. The highest BCUT2D eigenvalue weighted by atomic mass is 32.2. The molecule has 104 valence electrons. The summed E-state index contributed by atoms with van der Waals surface area (Å²) in [5.74, 6) is -1.11. The molecule has 19 heavy (non-hydrogen) atoms. The molecule has 1 rings (SSSR count). The van der Waals surface area contributed by atoms with Gasteiger partial charge in [0.2, 0.25) is 0 Å². The van der Waals surface area contributed by atoms with Gasteiger partial charge in [0.15, 0.2) is 9.84 Å². The molecule has 0 radical (unpaired) electrons. The Bertz CT molecular complexity index is 633. The Morgan fingerprint density at radius 3 is 2.37 bits per heavy atom. The fourth-order valence-electron chi connectivity index (χ4n) is 1.54. The van der Waals surface area contributed by atoms with E-state index in [1.807, 2.05) is 0 Å². The van der Waals surface area contributed by atoms with E-state index in [9.17, 15) is 13.2 Å². The van der Waals surface area contributed by atoms with Crippen molar-refractivity contribution in [2.75, 3.05) is 20.4 Å². The molecule has 0 spiro atoms. The lowest BCUT2D eigenvalue weighted by Crippen LogP contribution is -2.09. The first-order chi connectivity index (χ1) is 8.64. The van der Waals surface area contributed by atoms with Crippen LogP contribution in [0.15, 0.2) is 22.0 Å². The minimum absolute atomic E-state index is 0.0214. The number of carboxylic acid groups (broad SMARTS) is 1. The molecular weight excluding hydrogens is 268 g/mol. The van der Waals surface area contributed by atoms with E-state index >= 15 is 0 Å². The van der Waals surface area contributed by atoms with Gasteiger partial charge in [-0.05, 0) is 24.6 Å². The smallest absolute Gasteiger partial charge is 0.336 e. The van der Waals surface area contributed by atoms with Crippen LogP contribution < -0.4 is 0 Å². The molecule has 0 atom stereocenters. The highest BCUT2D eigenvalue weighted by Crippen LogP contribution is 2.30. The Balaban J connectivity index is 3.60. The predicted molar refractivity (Wildman–Crippen MR) is 73.1 cm³/mol. The number of hydrogen-bond donors (Lipinski definition) is 1. The highest BCUT2D eigenvalue weighted by Gasteiger charge is 2.19. The van der Waals surface area contributed by atoms with Gasteiger partial charge in [-0.1, -0.05) is 0 Å². The van der Waals surface area contributed by atoms with Crippen LogP contribution in [0.2, 0.25) is 0 Å². The summed E-state index contributed by atoms with van der Waals surface area (Å²) in [6, 6.07) is 2.55. The van der Waals surface area contributed by atoms with Crippen LogP contribution in [-0.2, 0) is 9.84 Å². The molecule has 0 aliphatic heterocycles. The molecule has 0 saturated heterocycles. The van der Waals surface area contributed by atoms with Crippen LogP contribution in [0.25, 0.3) is 0 Å². The van der Waals surface area contributed by atoms with E-state index in [2.05, 4.69) is 4.99 Å². The summed E-state index contributed by atoms with van der Waals surface area (Å²) < 4.78 is 23.4. The van der Waals surface area contributed by atoms with Crippen molar-refractivity contribution in [3.05, 3.63) is 23.3 Å². The van der Waals surface area contributed by atoms with Crippen LogP contribution in [0.1, 0.15) is 15.9 Å². The second-order valence-corrected chi connectivity index (χ2v) is 6.35. The number of sulfone groups is 1. The Morgan fingerprint density at radius 2 is 1.95 bits per heavy atom. The van der Waals surface area contributed by atoms with Gasteiger partial charge in [0, 0.05) is 20.4 Å². The van der Waals surface area contributed by atoms with Crippen molar-refractivity contribution in [1.29, 1.82) is 0 Å². The second kappa shape index (κ2) is 5.40. The van der Waals surface area contributed by atoms with Crippen molar-refractivity contribution < 1.29 is 18.3 Å². The molecule has 0 fully saturated rings. The largest absolute Gasteiger partial charge is 0.478 e. The van der Waals surface area contributed by atoms with E-state index in [1.54, 1.807) is 25.9 Å². The molecule has 1 aromatic carbocycles. The van der Waals surface area contributed by atoms with E-state index in [-0.39, 0.29) is 16.1 Å². The van der Waals surface area contributed by atoms with Crippen molar-refractivity contribution in [3.63, 3.8) is 0 Å². The lowest BCUT2D eigenvalue weighted by molar-refractivity contribution is 0.0696. The third-order valence-corrected chi connectivity index (χ3v) is 3.57. The molecule has 0 unspecified atom stereocenters. The van der Waals surface area contributed by atoms with Crippen molar-refractivity contribution >= 4 is 27.8 Å². The summed E-state index contributed by atoms with van der Waals surface area (Å²) >= 11 is 0. The number of carbonyl (C=O) groups is 1. The summed E-state index contributed by atoms with van der Waals surface area (Å²) in [5, 5.41) is 9.05. The first-order valence-corrected chi connectivity index (χ1v) is 7.31. The Labute approximate surface area is 112 Å². The molecule has 0 saturated carbocycles. The topological polar surface area (TPSA) is 87.0 Å². The minimum atomic E-state index is -3.47. The standard InChI is InChI=1S/C12H16N2O4S/c1-8-9(12(15)16)5-6-10(19(4,17)18)11(8)13-7-14(2)3/h5-7H,1-4H3,(H,15,16). The lowest BCUT2D eigenvalue weighted by atomic mass is 10.1. The van der Waals surface area contributed by atoms with Gasteiger partial charge in [0.25, 0.3) is 0 Å². The number of benzene rings is 1. The van der Waals surface area contributed by atoms with Crippen LogP contribution in [-0.4, -0.2) is 51.1 Å². The summed E-state index contributed by atoms with van der Waals surface area (Å²) in [4.78, 5) is 16.8. The Hall–Kier alpha value is -1.89. The summed E-state index contributed by atoms with van der Waals surface area (Å²) in [6.07, 6.45) is 2.50. The van der Waals surface area contributed by atoms with Gasteiger partial charge in [-0.15, -0.1) is 0 Å². The number of rotatable bonds is 4. The number of aliphatic imine (C=N–C) groups is 1. The van der Waals surface area contributed by atoms with Gasteiger partial charge in [-0.3, -0.25) is 0 Å². The number of aromatic carboxylic acids is 1. The monoisotopic (exact) mass is 284 g/mol. The van der Waals surface area contributed by atoms with Crippen molar-refractivity contribution in [2.45, 2.75) is 11.8 Å². The molecular formula is C12H16N2O4S. The molecule has 0 aliphatic rings. The number of carboxylic acids is 1. The quantitative estimate of drug-likeness (QED) is 0.665. The third kappa shape index (κ3) is 3.54. The number of nitrogens with zero attached hydrogens (tertiary/aromatic N) is 2. The zero-order valence-corrected chi connectivity index (χ0v) is 12.0. The summed E-state index contributed by atoms with van der Waals surface area (Å²) in [5.41, 5.74) is 0.530. The van der Waals surface area contributed by atoms with Gasteiger partial charge in [0.05, 0.1) is 22.5 Å². The Morgan fingerprint density at radius 1 is 1.37 bits per heavy atom. The molecule has 0 bridgehead atoms. The predicted octanol–water partition coefficient (Wildman–Crippen LogP) is 1.32. The average Bonchev–Trinajstić information content (AvgIpc) is 2.24. The van der Waals surface area contributed by atoms with Crippen LogP contribution >= 0.6 is 0 Å². The third-order valence-electron chi connectivity index (χ3n) is 2.44. The maximum Gasteiger partial charge on any atom is 0.336 e. The normalized spacial score (nSPS) is 11.8. The van der Waals surface area contributed by atoms with E-state index in [0.29, 0.717) is 5.56 Å². The second-order valence-electron chi connectivity index (χ2n) is 4.37. The highest BCUT2D eigenvalue weighted by molar-refractivity contribution is 7.90. The van der Waals surface area contributed by atoms with Gasteiger partial charge in [-0.2, -0.15) is 0 Å². The first kappa shape index (κ1) is 15.2. The van der Waals surface area contributed by atoms with E-state index in [1.165, 1.54) is 18.5 Å². The van der Waals surface area contributed by atoms with Crippen LogP contribution in [0.4, 0.5) is 5.69 Å². The first-order valence-electron chi connectivity index (χ1n) is 5.42. The molecule has 0 aliphatic carbocycles. The Kier molecular flexibility index (Phi) is 4.31. The van der Waals surface area contributed by atoms with E-state index in [0.717, 1.165) is 6.26 Å². The molecule has 0 heterocycles. The van der Waals surface area contributed by atoms with E-state index in [4.69, 9.17) is 5.11 Å². The van der Waals surface area contributed by atoms with Gasteiger partial charge in [0.1, 0.15) is 0 Å². The maximum atomic E-state index is 11.7.